The fourth-order valence-corrected chi connectivity index (χ4v) is 7.92. The topological polar surface area (TPSA) is 4.93 Å². The molecule has 1 unspecified atom stereocenters. The van der Waals surface area contributed by atoms with Crippen molar-refractivity contribution in [1.29, 1.82) is 0 Å². The molecule has 1 atom stereocenters. The van der Waals surface area contributed by atoms with E-state index in [2.05, 4.69) is 77.8 Å². The second kappa shape index (κ2) is 5.70. The maximum atomic E-state index is 2.56. The van der Waals surface area contributed by atoms with Crippen molar-refractivity contribution in [1.82, 2.24) is 4.57 Å². The van der Waals surface area contributed by atoms with Crippen LogP contribution in [0.5, 0.6) is 0 Å². The van der Waals surface area contributed by atoms with Crippen molar-refractivity contribution in [3.8, 4) is 16.8 Å². The number of fused-ring (bicyclic) bond motifs is 6. The Bertz CT molecular complexity index is 1190. The Morgan fingerprint density at radius 3 is 2.44 bits per heavy atom. The van der Waals surface area contributed by atoms with E-state index in [0.29, 0.717) is 0 Å². The zero-order chi connectivity index (χ0) is 18.0. The minimum absolute atomic E-state index is 1.09. The lowest BCUT2D eigenvalue weighted by Gasteiger charge is -2.16. The van der Waals surface area contributed by atoms with E-state index in [1.54, 1.807) is 21.6 Å². The summed E-state index contributed by atoms with van der Waals surface area (Å²) in [5.41, 5.74) is 8.89. The van der Waals surface area contributed by atoms with Crippen LogP contribution in [-0.2, 0) is 12.8 Å². The highest BCUT2D eigenvalue weighted by Crippen LogP contribution is 2.37. The molecule has 1 aliphatic heterocycles. The molecular formula is C25H23NSi. The minimum atomic E-state index is -1.09. The molecule has 27 heavy (non-hydrogen) atoms. The molecule has 0 spiro atoms. The lowest BCUT2D eigenvalue weighted by atomic mass is 9.94. The van der Waals surface area contributed by atoms with Gasteiger partial charge in [0.1, 0.15) is 8.80 Å². The molecule has 1 aliphatic carbocycles. The Morgan fingerprint density at radius 1 is 0.778 bits per heavy atom. The lowest BCUT2D eigenvalue weighted by Crippen LogP contribution is -2.34. The van der Waals surface area contributed by atoms with Crippen LogP contribution < -0.4 is 10.4 Å². The maximum Gasteiger partial charge on any atom is 0.101 e. The highest BCUT2D eigenvalue weighted by atomic mass is 28.3. The number of nitrogens with zero attached hydrogens (tertiary/aromatic N) is 1. The van der Waals surface area contributed by atoms with Crippen LogP contribution in [0, 0.1) is 0 Å². The summed E-state index contributed by atoms with van der Waals surface area (Å²) < 4.78 is 2.56. The maximum absolute atomic E-state index is 2.56. The van der Waals surface area contributed by atoms with Crippen molar-refractivity contribution in [3.05, 3.63) is 78.0 Å². The van der Waals surface area contributed by atoms with E-state index in [-0.39, 0.29) is 0 Å². The van der Waals surface area contributed by atoms with Crippen molar-refractivity contribution in [2.45, 2.75) is 32.2 Å². The Kier molecular flexibility index (Phi) is 3.27. The molecule has 0 saturated heterocycles. The average Bonchev–Trinajstić information content (AvgIpc) is 3.20. The molecular weight excluding hydrogens is 342 g/mol. The molecule has 1 aromatic heterocycles. The number of aromatic nitrogens is 1. The van der Waals surface area contributed by atoms with Crippen LogP contribution in [0.4, 0.5) is 0 Å². The van der Waals surface area contributed by atoms with Gasteiger partial charge in [0.25, 0.3) is 0 Å². The van der Waals surface area contributed by atoms with E-state index in [0.717, 1.165) is 0 Å². The van der Waals surface area contributed by atoms with E-state index in [4.69, 9.17) is 0 Å². The first-order valence-corrected chi connectivity index (χ1v) is 12.5. The van der Waals surface area contributed by atoms with Crippen LogP contribution in [0.2, 0.25) is 6.55 Å². The molecule has 6 rings (SSSR count). The summed E-state index contributed by atoms with van der Waals surface area (Å²) in [7, 11) is -1.09. The van der Waals surface area contributed by atoms with Crippen LogP contribution >= 0.6 is 0 Å². The number of para-hydroxylation sites is 1. The lowest BCUT2D eigenvalue weighted by molar-refractivity contribution is 0.667. The van der Waals surface area contributed by atoms with Gasteiger partial charge in [0.2, 0.25) is 0 Å². The summed E-state index contributed by atoms with van der Waals surface area (Å²) in [6, 6.07) is 25.1. The first kappa shape index (κ1) is 15.5. The number of rotatable bonds is 1. The monoisotopic (exact) mass is 365 g/mol. The van der Waals surface area contributed by atoms with E-state index in [1.807, 2.05) is 0 Å². The van der Waals surface area contributed by atoms with Gasteiger partial charge < -0.3 is 4.57 Å². The van der Waals surface area contributed by atoms with Crippen LogP contribution in [-0.4, -0.2) is 13.4 Å². The van der Waals surface area contributed by atoms with Crippen LogP contribution in [0.3, 0.4) is 0 Å². The summed E-state index contributed by atoms with van der Waals surface area (Å²) in [4.78, 5) is 0. The van der Waals surface area contributed by atoms with Crippen molar-refractivity contribution in [2.75, 3.05) is 0 Å². The fraction of sp³-hybridized carbons (Fsp3) is 0.200. The van der Waals surface area contributed by atoms with Gasteiger partial charge >= 0.3 is 0 Å². The number of aryl methyl sites for hydroxylation is 1. The molecule has 0 fully saturated rings. The quantitative estimate of drug-likeness (QED) is 0.439. The van der Waals surface area contributed by atoms with Crippen molar-refractivity contribution in [3.63, 3.8) is 0 Å². The SMILES string of the molecule is C[SiH]1c2ccccc2-c2cc3c4c(n(-c5ccccc5)c3cc21)CCCC4. The molecule has 2 heteroatoms. The molecule has 0 bridgehead atoms. The third-order valence-electron chi connectivity index (χ3n) is 6.64. The molecule has 0 radical (unpaired) electrons. The normalized spacial score (nSPS) is 17.6. The summed E-state index contributed by atoms with van der Waals surface area (Å²) in [5, 5.41) is 4.72. The van der Waals surface area contributed by atoms with Gasteiger partial charge in [0, 0.05) is 16.8 Å². The summed E-state index contributed by atoms with van der Waals surface area (Å²) in [5.74, 6) is 0. The van der Waals surface area contributed by atoms with Gasteiger partial charge in [-0.2, -0.15) is 0 Å². The highest BCUT2D eigenvalue weighted by molar-refractivity contribution is 6.88. The standard InChI is InChI=1S/C25H23NSi/c1-27-24-14-8-6-12-19(24)21-15-20-18-11-5-7-13-22(18)26(23(20)16-25(21)27)17-9-3-2-4-10-17/h2-4,6,8-10,12,14-16,27H,5,7,11,13H2,1H3. The third-order valence-corrected chi connectivity index (χ3v) is 9.49. The number of hydrogen-bond donors (Lipinski definition) is 0. The van der Waals surface area contributed by atoms with Gasteiger partial charge in [-0.3, -0.25) is 0 Å². The van der Waals surface area contributed by atoms with Crippen LogP contribution in [0.15, 0.2) is 66.7 Å². The minimum Gasteiger partial charge on any atom is -0.313 e. The molecule has 0 saturated carbocycles. The van der Waals surface area contributed by atoms with Gasteiger partial charge in [-0.15, -0.1) is 0 Å². The molecule has 2 heterocycles. The molecule has 4 aromatic rings. The van der Waals surface area contributed by atoms with E-state index in [9.17, 15) is 0 Å². The molecule has 0 amide bonds. The van der Waals surface area contributed by atoms with Gasteiger partial charge in [-0.1, -0.05) is 54.2 Å². The van der Waals surface area contributed by atoms with Gasteiger partial charge in [-0.25, -0.2) is 0 Å². The molecule has 0 N–H and O–H groups in total. The average molecular weight is 366 g/mol. The van der Waals surface area contributed by atoms with Crippen molar-refractivity contribution in [2.24, 2.45) is 0 Å². The van der Waals surface area contributed by atoms with E-state index >= 15 is 0 Å². The zero-order valence-electron chi connectivity index (χ0n) is 15.7. The van der Waals surface area contributed by atoms with Crippen molar-refractivity contribution < 1.29 is 0 Å². The first-order chi connectivity index (χ1) is 13.3. The predicted octanol–water partition coefficient (Wildman–Crippen LogP) is 4.46. The van der Waals surface area contributed by atoms with E-state index in [1.165, 1.54) is 53.4 Å². The second-order valence-electron chi connectivity index (χ2n) is 8.07. The molecule has 132 valence electrons. The molecule has 2 aliphatic rings. The van der Waals surface area contributed by atoms with E-state index < -0.39 is 8.80 Å². The Labute approximate surface area is 161 Å². The van der Waals surface area contributed by atoms with Gasteiger partial charge in [-0.05, 0) is 71.8 Å². The van der Waals surface area contributed by atoms with Crippen molar-refractivity contribution >= 4 is 30.1 Å². The molecule has 1 nitrogen and oxygen atoms in total. The fourth-order valence-electron chi connectivity index (χ4n) is 5.35. The summed E-state index contributed by atoms with van der Waals surface area (Å²) in [6.45, 7) is 2.49. The largest absolute Gasteiger partial charge is 0.313 e. The predicted molar refractivity (Wildman–Crippen MR) is 118 cm³/mol. The zero-order valence-corrected chi connectivity index (χ0v) is 16.9. The van der Waals surface area contributed by atoms with Crippen LogP contribution in [0.25, 0.3) is 27.7 Å². The van der Waals surface area contributed by atoms with Gasteiger partial charge in [0.15, 0.2) is 0 Å². The smallest absolute Gasteiger partial charge is 0.101 e. The summed E-state index contributed by atoms with van der Waals surface area (Å²) in [6.07, 6.45) is 5.05. The van der Waals surface area contributed by atoms with Crippen LogP contribution in [0.1, 0.15) is 24.1 Å². The Balaban J connectivity index is 1.71. The highest BCUT2D eigenvalue weighted by Gasteiger charge is 2.29. The first-order valence-electron chi connectivity index (χ1n) is 10.2. The third kappa shape index (κ3) is 2.11. The molecule has 3 aromatic carbocycles. The van der Waals surface area contributed by atoms with Gasteiger partial charge in [0.05, 0.1) is 5.52 Å². The second-order valence-corrected chi connectivity index (χ2v) is 10.8. The Hall–Kier alpha value is -2.58. The summed E-state index contributed by atoms with van der Waals surface area (Å²) >= 11 is 0. The number of benzene rings is 3. The Morgan fingerprint density at radius 2 is 1.56 bits per heavy atom. The number of hydrogen-bond acceptors (Lipinski definition) is 0.